The van der Waals surface area contributed by atoms with Gasteiger partial charge in [0.05, 0.1) is 13.2 Å². The molecule has 1 aliphatic heterocycles. The molecule has 110 valence electrons. The molecule has 0 bridgehead atoms. The molecule has 2 N–H and O–H groups in total. The lowest BCUT2D eigenvalue weighted by molar-refractivity contribution is 0.174. The van der Waals surface area contributed by atoms with E-state index in [0.717, 1.165) is 28.6 Å². The Morgan fingerprint density at radius 1 is 1.05 bits per heavy atom. The van der Waals surface area contributed by atoms with Crippen LogP contribution in [0.1, 0.15) is 11.6 Å². The predicted molar refractivity (Wildman–Crippen MR) is 78.0 cm³/mol. The first kappa shape index (κ1) is 13.6. The highest BCUT2D eigenvalue weighted by Gasteiger charge is 2.16. The average molecular weight is 287 g/mol. The van der Waals surface area contributed by atoms with Crippen LogP contribution in [-0.2, 0) is 0 Å². The van der Waals surface area contributed by atoms with Gasteiger partial charge in [-0.1, -0.05) is 6.07 Å². The summed E-state index contributed by atoms with van der Waals surface area (Å²) in [4.78, 5) is 0. The molecule has 1 aliphatic rings. The van der Waals surface area contributed by atoms with Crippen molar-refractivity contribution in [3.8, 4) is 23.0 Å². The lowest BCUT2D eigenvalue weighted by Crippen LogP contribution is -2.18. The zero-order valence-electron chi connectivity index (χ0n) is 11.7. The van der Waals surface area contributed by atoms with Crippen molar-refractivity contribution in [2.24, 2.45) is 5.73 Å². The van der Waals surface area contributed by atoms with Gasteiger partial charge in [0.2, 0.25) is 6.79 Å². The van der Waals surface area contributed by atoms with E-state index in [0.29, 0.717) is 6.61 Å². The van der Waals surface area contributed by atoms with Crippen LogP contribution in [0.25, 0.3) is 0 Å². The van der Waals surface area contributed by atoms with E-state index in [-0.39, 0.29) is 12.8 Å². The molecule has 5 nitrogen and oxygen atoms in total. The van der Waals surface area contributed by atoms with Gasteiger partial charge in [0.25, 0.3) is 0 Å². The Kier molecular flexibility index (Phi) is 3.83. The van der Waals surface area contributed by atoms with Gasteiger partial charge in [0.1, 0.15) is 18.1 Å². The van der Waals surface area contributed by atoms with Gasteiger partial charge in [0.15, 0.2) is 11.5 Å². The van der Waals surface area contributed by atoms with Gasteiger partial charge in [-0.2, -0.15) is 0 Å². The molecule has 5 heteroatoms. The molecule has 2 aromatic carbocycles. The maximum absolute atomic E-state index is 6.15. The molecule has 1 unspecified atom stereocenters. The fourth-order valence-corrected chi connectivity index (χ4v) is 2.10. The van der Waals surface area contributed by atoms with E-state index >= 15 is 0 Å². The molecule has 21 heavy (non-hydrogen) atoms. The molecule has 3 rings (SSSR count). The topological polar surface area (TPSA) is 62.9 Å². The molecular weight excluding hydrogens is 270 g/mol. The first-order chi connectivity index (χ1) is 10.3. The molecule has 0 saturated heterocycles. The molecule has 0 fully saturated rings. The number of benzene rings is 2. The first-order valence-corrected chi connectivity index (χ1v) is 6.68. The Hall–Kier alpha value is -2.40. The zero-order chi connectivity index (χ0) is 14.7. The van der Waals surface area contributed by atoms with Crippen LogP contribution in [0.2, 0.25) is 0 Å². The van der Waals surface area contributed by atoms with Gasteiger partial charge < -0.3 is 24.7 Å². The fraction of sp³-hybridized carbons (Fsp3) is 0.250. The summed E-state index contributed by atoms with van der Waals surface area (Å²) in [6, 6.07) is 12.9. The van der Waals surface area contributed by atoms with Gasteiger partial charge in [-0.3, -0.25) is 0 Å². The molecule has 1 atom stereocenters. The Bertz CT molecular complexity index is 612. The second-order valence-electron chi connectivity index (χ2n) is 4.71. The summed E-state index contributed by atoms with van der Waals surface area (Å²) in [5.74, 6) is 3.03. The Morgan fingerprint density at radius 2 is 1.76 bits per heavy atom. The fourth-order valence-electron chi connectivity index (χ4n) is 2.10. The molecule has 0 saturated carbocycles. The van der Waals surface area contributed by atoms with E-state index < -0.39 is 0 Å². The standard InChI is InChI=1S/C16H17NO4/c1-18-12-3-5-13(6-4-12)19-9-14(17)11-2-7-15-16(8-11)21-10-20-15/h2-8,14H,9-10,17H2,1H3. The van der Waals surface area contributed by atoms with Crippen LogP contribution in [0.3, 0.4) is 0 Å². The van der Waals surface area contributed by atoms with E-state index in [4.69, 9.17) is 24.7 Å². The van der Waals surface area contributed by atoms with Crippen LogP contribution in [0.15, 0.2) is 42.5 Å². The largest absolute Gasteiger partial charge is 0.497 e. The summed E-state index contributed by atoms with van der Waals surface area (Å²) in [5, 5.41) is 0. The highest BCUT2D eigenvalue weighted by Crippen LogP contribution is 2.33. The van der Waals surface area contributed by atoms with Gasteiger partial charge in [-0.25, -0.2) is 0 Å². The van der Waals surface area contributed by atoms with E-state index in [2.05, 4.69) is 0 Å². The molecule has 2 aromatic rings. The van der Waals surface area contributed by atoms with Crippen molar-refractivity contribution >= 4 is 0 Å². The van der Waals surface area contributed by atoms with Crippen molar-refractivity contribution in [2.75, 3.05) is 20.5 Å². The van der Waals surface area contributed by atoms with Gasteiger partial charge in [0, 0.05) is 0 Å². The number of fused-ring (bicyclic) bond motifs is 1. The maximum atomic E-state index is 6.15. The number of hydrogen-bond acceptors (Lipinski definition) is 5. The van der Waals surface area contributed by atoms with Crippen LogP contribution >= 0.6 is 0 Å². The monoisotopic (exact) mass is 287 g/mol. The quantitative estimate of drug-likeness (QED) is 0.915. The van der Waals surface area contributed by atoms with Crippen molar-refractivity contribution in [2.45, 2.75) is 6.04 Å². The minimum Gasteiger partial charge on any atom is -0.497 e. The van der Waals surface area contributed by atoms with Crippen molar-refractivity contribution in [3.63, 3.8) is 0 Å². The summed E-state index contributed by atoms with van der Waals surface area (Å²) < 4.78 is 21.4. The van der Waals surface area contributed by atoms with Crippen molar-refractivity contribution in [3.05, 3.63) is 48.0 Å². The number of hydrogen-bond donors (Lipinski definition) is 1. The molecular formula is C16H17NO4. The number of nitrogens with two attached hydrogens (primary N) is 1. The van der Waals surface area contributed by atoms with E-state index in [1.54, 1.807) is 7.11 Å². The van der Waals surface area contributed by atoms with Gasteiger partial charge in [-0.05, 0) is 42.0 Å². The summed E-state index contributed by atoms with van der Waals surface area (Å²) in [7, 11) is 1.63. The maximum Gasteiger partial charge on any atom is 0.231 e. The first-order valence-electron chi connectivity index (χ1n) is 6.68. The SMILES string of the molecule is COc1ccc(OCC(N)c2ccc3c(c2)OCO3)cc1. The molecule has 0 amide bonds. The molecule has 0 radical (unpaired) electrons. The van der Waals surface area contributed by atoms with Crippen molar-refractivity contribution in [1.82, 2.24) is 0 Å². The average Bonchev–Trinajstić information content (AvgIpc) is 3.00. The summed E-state index contributed by atoms with van der Waals surface area (Å²) in [6.45, 7) is 0.641. The Labute approximate surface area is 123 Å². The Morgan fingerprint density at radius 3 is 2.52 bits per heavy atom. The van der Waals surface area contributed by atoms with Crippen LogP contribution in [0.4, 0.5) is 0 Å². The normalized spacial score (nSPS) is 13.8. The minimum absolute atomic E-state index is 0.235. The second-order valence-corrected chi connectivity index (χ2v) is 4.71. The van der Waals surface area contributed by atoms with Crippen molar-refractivity contribution in [1.29, 1.82) is 0 Å². The van der Waals surface area contributed by atoms with Crippen LogP contribution in [0.5, 0.6) is 23.0 Å². The lowest BCUT2D eigenvalue weighted by Gasteiger charge is -2.14. The molecule has 1 heterocycles. The van der Waals surface area contributed by atoms with E-state index in [1.165, 1.54) is 0 Å². The smallest absolute Gasteiger partial charge is 0.231 e. The van der Waals surface area contributed by atoms with Crippen LogP contribution in [-0.4, -0.2) is 20.5 Å². The summed E-state index contributed by atoms with van der Waals surface area (Å²) >= 11 is 0. The molecule has 0 aliphatic carbocycles. The summed E-state index contributed by atoms with van der Waals surface area (Å²) in [5.41, 5.74) is 7.10. The lowest BCUT2D eigenvalue weighted by atomic mass is 10.1. The molecule has 0 spiro atoms. The predicted octanol–water partition coefficient (Wildman–Crippen LogP) is 2.50. The highest BCUT2D eigenvalue weighted by atomic mass is 16.7. The summed E-state index contributed by atoms with van der Waals surface area (Å²) in [6.07, 6.45) is 0. The number of ether oxygens (including phenoxy) is 4. The van der Waals surface area contributed by atoms with Crippen LogP contribution < -0.4 is 24.7 Å². The van der Waals surface area contributed by atoms with Gasteiger partial charge >= 0.3 is 0 Å². The third-order valence-corrected chi connectivity index (χ3v) is 3.31. The minimum atomic E-state index is -0.235. The van der Waals surface area contributed by atoms with E-state index in [1.807, 2.05) is 42.5 Å². The number of rotatable bonds is 5. The zero-order valence-corrected chi connectivity index (χ0v) is 11.7. The Balaban J connectivity index is 1.61. The second kappa shape index (κ2) is 5.93. The third-order valence-electron chi connectivity index (χ3n) is 3.31. The van der Waals surface area contributed by atoms with Crippen LogP contribution in [0, 0.1) is 0 Å². The number of methoxy groups -OCH3 is 1. The third kappa shape index (κ3) is 3.03. The van der Waals surface area contributed by atoms with Crippen molar-refractivity contribution < 1.29 is 18.9 Å². The van der Waals surface area contributed by atoms with E-state index in [9.17, 15) is 0 Å². The molecule has 0 aromatic heterocycles. The highest BCUT2D eigenvalue weighted by molar-refractivity contribution is 5.45. The van der Waals surface area contributed by atoms with Gasteiger partial charge in [-0.15, -0.1) is 0 Å².